The van der Waals surface area contributed by atoms with Gasteiger partial charge in [0.05, 0.1) is 18.6 Å². The average Bonchev–Trinajstić information content (AvgIpc) is 3.58. The third-order valence-corrected chi connectivity index (χ3v) is 7.69. The van der Waals surface area contributed by atoms with Crippen LogP contribution >= 0.6 is 0 Å². The molecule has 0 saturated heterocycles. The minimum absolute atomic E-state index is 0. The van der Waals surface area contributed by atoms with Crippen molar-refractivity contribution in [1.82, 2.24) is 9.55 Å². The summed E-state index contributed by atoms with van der Waals surface area (Å²) in [6, 6.07) is 29.4. The van der Waals surface area contributed by atoms with Crippen LogP contribution in [0, 0.1) is 6.92 Å². The molecule has 2 aromatic heterocycles. The molecular weight excluding hydrogens is 579 g/mol. The van der Waals surface area contributed by atoms with Crippen LogP contribution in [0.4, 0.5) is 0 Å². The zero-order valence-corrected chi connectivity index (χ0v) is 27.9. The number of rotatable bonds is 12. The molecule has 0 spiro atoms. The maximum atomic E-state index is 11.8. The summed E-state index contributed by atoms with van der Waals surface area (Å²) >= 11 is 0. The fourth-order valence-corrected chi connectivity index (χ4v) is 5.50. The maximum absolute atomic E-state index is 11.8. The van der Waals surface area contributed by atoms with Crippen molar-refractivity contribution < 1.29 is 58.1 Å². The Balaban J connectivity index is 0.00000400. The SMILES string of the molecule is CCC[C@@H](Oc1cccc2c1c1ccccc1n2Cc1ccc(OCc2nc(-c3ccccc3)oc2C)c(OC)c1)C(=O)[O-].[Na+]. The number of ether oxygens (including phenoxy) is 3. The van der Waals surface area contributed by atoms with Gasteiger partial charge in [0.2, 0.25) is 5.89 Å². The second-order valence-electron chi connectivity index (χ2n) is 10.6. The zero-order valence-electron chi connectivity index (χ0n) is 25.9. The van der Waals surface area contributed by atoms with Crippen molar-refractivity contribution >= 4 is 27.8 Å². The number of hydrogen-bond donors (Lipinski definition) is 0. The number of carboxylic acids is 1. The number of carbonyl (C=O) groups is 1. The van der Waals surface area contributed by atoms with Crippen molar-refractivity contribution in [2.24, 2.45) is 0 Å². The second kappa shape index (κ2) is 14.2. The zero-order chi connectivity index (χ0) is 30.6. The van der Waals surface area contributed by atoms with Crippen LogP contribution in [0.2, 0.25) is 0 Å². The van der Waals surface area contributed by atoms with Gasteiger partial charge in [-0.2, -0.15) is 0 Å². The first-order valence-corrected chi connectivity index (χ1v) is 14.7. The van der Waals surface area contributed by atoms with E-state index in [0.29, 0.717) is 48.3 Å². The fraction of sp³-hybridized carbons (Fsp3) is 0.222. The second-order valence-corrected chi connectivity index (χ2v) is 10.6. The Hall–Kier alpha value is -4.24. The molecule has 0 aliphatic heterocycles. The number of oxazole rings is 1. The van der Waals surface area contributed by atoms with Crippen molar-refractivity contribution in [1.29, 1.82) is 0 Å². The first-order chi connectivity index (χ1) is 21.5. The van der Waals surface area contributed by atoms with Crippen molar-refractivity contribution in [3.05, 3.63) is 108 Å². The molecule has 0 aliphatic carbocycles. The van der Waals surface area contributed by atoms with E-state index < -0.39 is 12.1 Å². The van der Waals surface area contributed by atoms with Crippen LogP contribution in [0.5, 0.6) is 17.2 Å². The van der Waals surface area contributed by atoms with Crippen LogP contribution in [0.25, 0.3) is 33.3 Å². The Morgan fingerprint density at radius 1 is 0.933 bits per heavy atom. The van der Waals surface area contributed by atoms with Crippen LogP contribution in [0.3, 0.4) is 0 Å². The predicted octanol–water partition coefficient (Wildman–Crippen LogP) is 3.70. The molecule has 0 aliphatic rings. The molecule has 8 nitrogen and oxygen atoms in total. The third kappa shape index (κ3) is 6.73. The number of carboxylic acid groups (broad SMARTS) is 1. The monoisotopic (exact) mass is 612 g/mol. The van der Waals surface area contributed by atoms with Gasteiger partial charge in [0.25, 0.3) is 0 Å². The summed E-state index contributed by atoms with van der Waals surface area (Å²) in [5.74, 6) is 1.78. The number of carbonyl (C=O) groups excluding carboxylic acids is 1. The van der Waals surface area contributed by atoms with E-state index in [2.05, 4.69) is 15.6 Å². The van der Waals surface area contributed by atoms with E-state index >= 15 is 0 Å². The van der Waals surface area contributed by atoms with Crippen molar-refractivity contribution in [2.45, 2.75) is 45.9 Å². The van der Waals surface area contributed by atoms with Crippen molar-refractivity contribution in [3.63, 3.8) is 0 Å². The van der Waals surface area contributed by atoms with Crippen LogP contribution in [-0.2, 0) is 17.9 Å². The van der Waals surface area contributed by atoms with Crippen molar-refractivity contribution in [3.8, 4) is 28.7 Å². The van der Waals surface area contributed by atoms with Gasteiger partial charge < -0.3 is 33.1 Å². The molecule has 0 fully saturated rings. The Kier molecular flexibility index (Phi) is 10.2. The summed E-state index contributed by atoms with van der Waals surface area (Å²) in [7, 11) is 1.62. The summed E-state index contributed by atoms with van der Waals surface area (Å²) in [6.45, 7) is 4.58. The number of para-hydroxylation sites is 1. The largest absolute Gasteiger partial charge is 1.00 e. The number of hydrogen-bond acceptors (Lipinski definition) is 7. The Morgan fingerprint density at radius 2 is 1.69 bits per heavy atom. The molecule has 0 bridgehead atoms. The van der Waals surface area contributed by atoms with Gasteiger partial charge in [0.15, 0.2) is 11.5 Å². The molecular formula is C36H33N2NaO6. The molecule has 9 heteroatoms. The molecule has 4 aromatic carbocycles. The fourth-order valence-electron chi connectivity index (χ4n) is 5.50. The Bertz CT molecular complexity index is 1930. The number of nitrogens with zero attached hydrogens (tertiary/aromatic N) is 2. The van der Waals surface area contributed by atoms with Gasteiger partial charge in [-0.3, -0.25) is 0 Å². The molecule has 0 amide bonds. The van der Waals surface area contributed by atoms with E-state index in [1.807, 2.05) is 98.8 Å². The molecule has 0 N–H and O–H groups in total. The molecule has 0 unspecified atom stereocenters. The van der Waals surface area contributed by atoms with Gasteiger partial charge in [-0.25, -0.2) is 4.98 Å². The molecule has 224 valence electrons. The molecule has 1 atom stereocenters. The Morgan fingerprint density at radius 3 is 2.44 bits per heavy atom. The number of fused-ring (bicyclic) bond motifs is 3. The van der Waals surface area contributed by atoms with E-state index in [4.69, 9.17) is 18.6 Å². The first-order valence-electron chi connectivity index (χ1n) is 14.7. The molecule has 6 rings (SSSR count). The summed E-state index contributed by atoms with van der Waals surface area (Å²) in [6.07, 6.45) is 0.0244. The van der Waals surface area contributed by atoms with Gasteiger partial charge in [0.1, 0.15) is 29.9 Å². The van der Waals surface area contributed by atoms with Crippen molar-refractivity contribution in [2.75, 3.05) is 7.11 Å². The first kappa shape index (κ1) is 32.2. The van der Waals surface area contributed by atoms with Gasteiger partial charge in [-0.15, -0.1) is 0 Å². The summed E-state index contributed by atoms with van der Waals surface area (Å²) < 4.78 is 26.0. The average molecular weight is 613 g/mol. The number of aromatic nitrogens is 2. The summed E-state index contributed by atoms with van der Waals surface area (Å²) in [5, 5.41) is 13.6. The van der Waals surface area contributed by atoms with Gasteiger partial charge in [0, 0.05) is 28.4 Å². The normalized spacial score (nSPS) is 11.7. The minimum atomic E-state index is -1.21. The summed E-state index contributed by atoms with van der Waals surface area (Å²) in [5.41, 5.74) is 4.58. The smallest absolute Gasteiger partial charge is 0.546 e. The number of aryl methyl sites for hydroxylation is 1. The van der Waals surface area contributed by atoms with Crippen LogP contribution in [-0.4, -0.2) is 28.7 Å². The standard InChI is InChI=1S/C36H34N2O6.Na/c1-4-11-32(36(39)40)44-31-17-10-16-29-34(31)26-14-8-9-15-28(26)38(29)21-24-18-19-30(33(20-24)41-3)42-22-27-23(2)43-35(37-27)25-12-6-5-7-13-25;/h5-10,12-20,32H,4,11,21-22H2,1-3H3,(H,39,40);/q;+1/p-1/t32-;/m1./s1. The predicted molar refractivity (Wildman–Crippen MR) is 167 cm³/mol. The molecule has 6 aromatic rings. The van der Waals surface area contributed by atoms with E-state index in [0.717, 1.165) is 38.6 Å². The number of aliphatic carboxylic acids is 1. The molecule has 2 heterocycles. The van der Waals surface area contributed by atoms with Gasteiger partial charge in [-0.1, -0.05) is 61.9 Å². The topological polar surface area (TPSA) is 98.8 Å². The van der Waals surface area contributed by atoms with E-state index in [1.165, 1.54) is 0 Å². The Labute approximate surface area is 283 Å². The van der Waals surface area contributed by atoms with Crippen LogP contribution in [0.1, 0.15) is 36.8 Å². The molecule has 45 heavy (non-hydrogen) atoms. The molecule has 0 saturated carbocycles. The van der Waals surface area contributed by atoms with Gasteiger partial charge >= 0.3 is 29.6 Å². The van der Waals surface area contributed by atoms with Gasteiger partial charge in [-0.05, 0) is 61.4 Å². The number of methoxy groups -OCH3 is 1. The maximum Gasteiger partial charge on any atom is 1.00 e. The van der Waals surface area contributed by atoms with E-state index in [9.17, 15) is 9.90 Å². The minimum Gasteiger partial charge on any atom is -0.546 e. The van der Waals surface area contributed by atoms with E-state index in [-0.39, 0.29) is 36.2 Å². The van der Waals surface area contributed by atoms with E-state index in [1.54, 1.807) is 7.11 Å². The third-order valence-electron chi connectivity index (χ3n) is 7.69. The summed E-state index contributed by atoms with van der Waals surface area (Å²) in [4.78, 5) is 16.4. The quantitative estimate of drug-likeness (QED) is 0.195. The molecule has 0 radical (unpaired) electrons. The number of benzene rings is 4. The van der Waals surface area contributed by atoms with Crippen LogP contribution < -0.4 is 48.9 Å². The van der Waals surface area contributed by atoms with Crippen LogP contribution in [0.15, 0.2) is 95.4 Å².